The van der Waals surface area contributed by atoms with Crippen molar-refractivity contribution in [2.75, 3.05) is 26.9 Å². The maximum Gasteiger partial charge on any atom is 0.321 e. The first-order valence-corrected chi connectivity index (χ1v) is 14.1. The minimum Gasteiger partial charge on any atom is -0.379 e. The SMILES string of the molecule is CCCCCCCC/C=C\CCCCCCCCOCC(COP(O)(O)=S)OC. The van der Waals surface area contributed by atoms with Gasteiger partial charge in [-0.15, -0.1) is 0 Å². The Bertz CT molecular complexity index is 414. The molecule has 29 heavy (non-hydrogen) atoms. The van der Waals surface area contributed by atoms with Crippen molar-refractivity contribution in [3.63, 3.8) is 0 Å². The Morgan fingerprint density at radius 1 is 0.793 bits per heavy atom. The summed E-state index contributed by atoms with van der Waals surface area (Å²) in [6.45, 7) is -0.257. The van der Waals surface area contributed by atoms with Crippen LogP contribution in [-0.2, 0) is 25.8 Å². The first-order chi connectivity index (χ1) is 14.0. The van der Waals surface area contributed by atoms with Crippen molar-refractivity contribution in [1.82, 2.24) is 0 Å². The third kappa shape index (κ3) is 24.3. The highest BCUT2D eigenvalue weighted by Crippen LogP contribution is 2.36. The van der Waals surface area contributed by atoms with Gasteiger partial charge in [0, 0.05) is 13.7 Å². The second-order valence-corrected chi connectivity index (χ2v) is 10.3. The molecular weight excluding hydrogens is 407 g/mol. The van der Waals surface area contributed by atoms with Crippen molar-refractivity contribution in [2.24, 2.45) is 0 Å². The highest BCUT2D eigenvalue weighted by molar-refractivity contribution is 8.06. The van der Waals surface area contributed by atoms with Gasteiger partial charge >= 0.3 is 6.72 Å². The van der Waals surface area contributed by atoms with Crippen LogP contribution in [0.25, 0.3) is 0 Å². The van der Waals surface area contributed by atoms with E-state index < -0.39 is 6.72 Å². The van der Waals surface area contributed by atoms with E-state index >= 15 is 0 Å². The van der Waals surface area contributed by atoms with Gasteiger partial charge in [0.25, 0.3) is 0 Å². The lowest BCUT2D eigenvalue weighted by molar-refractivity contribution is -0.0173. The molecule has 0 heterocycles. The molecule has 0 amide bonds. The van der Waals surface area contributed by atoms with Crippen LogP contribution in [-0.4, -0.2) is 42.8 Å². The van der Waals surface area contributed by atoms with Gasteiger partial charge in [-0.05, 0) is 43.9 Å². The van der Waals surface area contributed by atoms with Crippen LogP contribution in [0.15, 0.2) is 12.2 Å². The Kier molecular flexibility index (Phi) is 21.6. The molecule has 0 saturated carbocycles. The average molecular weight is 453 g/mol. The zero-order valence-corrected chi connectivity index (χ0v) is 20.4. The molecule has 5 nitrogen and oxygen atoms in total. The fourth-order valence-corrected chi connectivity index (χ4v) is 3.57. The fraction of sp³-hybridized carbons (Fsp3) is 0.909. The Morgan fingerprint density at radius 2 is 1.31 bits per heavy atom. The molecule has 0 aliphatic carbocycles. The third-order valence-corrected chi connectivity index (χ3v) is 5.67. The normalized spacial score (nSPS) is 13.4. The minimum atomic E-state index is -3.62. The Hall–Kier alpha value is 0.190. The second-order valence-electron chi connectivity index (χ2n) is 7.66. The van der Waals surface area contributed by atoms with E-state index in [1.807, 2.05) is 0 Å². The number of hydrogen-bond acceptors (Lipinski definition) is 4. The summed E-state index contributed by atoms with van der Waals surface area (Å²) in [7, 11) is 1.54. The first kappa shape index (κ1) is 29.2. The van der Waals surface area contributed by atoms with E-state index in [1.54, 1.807) is 7.11 Å². The summed E-state index contributed by atoms with van der Waals surface area (Å²) < 4.78 is 15.5. The number of ether oxygens (including phenoxy) is 2. The molecule has 1 unspecified atom stereocenters. The summed E-state index contributed by atoms with van der Waals surface area (Å²) >= 11 is 4.41. The summed E-state index contributed by atoms with van der Waals surface area (Å²) in [6.07, 6.45) is 22.5. The van der Waals surface area contributed by atoms with Crippen LogP contribution in [0, 0.1) is 0 Å². The van der Waals surface area contributed by atoms with Crippen molar-refractivity contribution in [1.29, 1.82) is 0 Å². The van der Waals surface area contributed by atoms with Crippen molar-refractivity contribution in [2.45, 2.75) is 103 Å². The maximum absolute atomic E-state index is 9.05. The van der Waals surface area contributed by atoms with E-state index in [0.717, 1.165) is 6.42 Å². The number of unbranched alkanes of at least 4 members (excludes halogenated alkanes) is 12. The molecule has 0 aliphatic heterocycles. The van der Waals surface area contributed by atoms with Gasteiger partial charge in [0.15, 0.2) is 0 Å². The molecule has 0 aliphatic rings. The first-order valence-electron chi connectivity index (χ1n) is 11.4. The van der Waals surface area contributed by atoms with Crippen molar-refractivity contribution in [3.8, 4) is 0 Å². The van der Waals surface area contributed by atoms with Crippen LogP contribution >= 0.6 is 6.72 Å². The van der Waals surface area contributed by atoms with Gasteiger partial charge in [-0.2, -0.15) is 0 Å². The van der Waals surface area contributed by atoms with Gasteiger partial charge in [0.2, 0.25) is 0 Å². The molecule has 0 aromatic rings. The molecule has 0 spiro atoms. The molecule has 0 saturated heterocycles. The standard InChI is InChI=1S/C22H45O5PS/c1-3-4-5-6-7-8-9-10-11-12-13-14-15-16-17-18-19-26-20-22(25-2)21-27-28(23,24)29/h10-11,22H,3-9,12-21H2,1-2H3,(H2,23,24,29)/b11-10-. The predicted molar refractivity (Wildman–Crippen MR) is 126 cm³/mol. The van der Waals surface area contributed by atoms with Crippen molar-refractivity contribution in [3.05, 3.63) is 12.2 Å². The van der Waals surface area contributed by atoms with Crippen LogP contribution in [0.4, 0.5) is 0 Å². The summed E-state index contributed by atoms with van der Waals surface area (Å²) in [5.74, 6) is 0. The smallest absolute Gasteiger partial charge is 0.321 e. The monoisotopic (exact) mass is 452 g/mol. The topological polar surface area (TPSA) is 68.2 Å². The molecule has 0 radical (unpaired) electrons. The molecule has 0 bridgehead atoms. The number of allylic oxidation sites excluding steroid dienone is 2. The Balaban J connectivity index is 3.30. The number of methoxy groups -OCH3 is 1. The lowest BCUT2D eigenvalue weighted by Crippen LogP contribution is -2.24. The van der Waals surface area contributed by atoms with E-state index in [2.05, 4.69) is 30.9 Å². The quantitative estimate of drug-likeness (QED) is 0.114. The Labute approximate surface area is 184 Å². The average Bonchev–Trinajstić information content (AvgIpc) is 2.68. The molecule has 2 N–H and O–H groups in total. The zero-order chi connectivity index (χ0) is 21.6. The highest BCUT2D eigenvalue weighted by Gasteiger charge is 2.14. The van der Waals surface area contributed by atoms with Gasteiger partial charge < -0.3 is 23.8 Å². The molecule has 0 fully saturated rings. The summed E-state index contributed by atoms with van der Waals surface area (Å²) in [5, 5.41) is 0. The summed E-state index contributed by atoms with van der Waals surface area (Å²) in [6, 6.07) is 0. The van der Waals surface area contributed by atoms with E-state index in [4.69, 9.17) is 23.8 Å². The predicted octanol–water partition coefficient (Wildman–Crippen LogP) is 6.28. The Morgan fingerprint density at radius 3 is 1.83 bits per heavy atom. The van der Waals surface area contributed by atoms with E-state index in [0.29, 0.717) is 13.2 Å². The molecular formula is C22H45O5PS. The minimum absolute atomic E-state index is 0.0359. The third-order valence-electron chi connectivity index (χ3n) is 4.87. The van der Waals surface area contributed by atoms with Gasteiger partial charge in [0.05, 0.1) is 13.2 Å². The summed E-state index contributed by atoms with van der Waals surface area (Å²) in [5.41, 5.74) is 0. The molecule has 0 aromatic carbocycles. The molecule has 0 aromatic heterocycles. The van der Waals surface area contributed by atoms with Crippen LogP contribution in [0.2, 0.25) is 0 Å². The van der Waals surface area contributed by atoms with Crippen molar-refractivity contribution < 1.29 is 23.8 Å². The van der Waals surface area contributed by atoms with Gasteiger partial charge in [-0.25, -0.2) is 0 Å². The van der Waals surface area contributed by atoms with E-state index in [-0.39, 0.29) is 12.7 Å². The fourth-order valence-electron chi connectivity index (χ4n) is 3.03. The molecule has 174 valence electrons. The van der Waals surface area contributed by atoms with Crippen molar-refractivity contribution >= 4 is 18.5 Å². The second kappa shape index (κ2) is 21.4. The zero-order valence-electron chi connectivity index (χ0n) is 18.7. The number of rotatable bonds is 22. The van der Waals surface area contributed by atoms with Crippen LogP contribution < -0.4 is 0 Å². The van der Waals surface area contributed by atoms with Crippen LogP contribution in [0.3, 0.4) is 0 Å². The van der Waals surface area contributed by atoms with Crippen LogP contribution in [0.5, 0.6) is 0 Å². The summed E-state index contributed by atoms with van der Waals surface area (Å²) in [4.78, 5) is 18.1. The van der Waals surface area contributed by atoms with Crippen LogP contribution in [0.1, 0.15) is 96.8 Å². The van der Waals surface area contributed by atoms with Gasteiger partial charge in [-0.1, -0.05) is 76.9 Å². The number of hydrogen-bond donors (Lipinski definition) is 2. The van der Waals surface area contributed by atoms with E-state index in [1.165, 1.54) is 83.5 Å². The highest BCUT2D eigenvalue weighted by atomic mass is 32.5. The maximum atomic E-state index is 9.05. The van der Waals surface area contributed by atoms with E-state index in [9.17, 15) is 0 Å². The van der Waals surface area contributed by atoms with Gasteiger partial charge in [-0.3, -0.25) is 0 Å². The van der Waals surface area contributed by atoms with Gasteiger partial charge in [0.1, 0.15) is 6.10 Å². The molecule has 7 heteroatoms. The largest absolute Gasteiger partial charge is 0.379 e. The lowest BCUT2D eigenvalue weighted by Gasteiger charge is -2.17. The molecule has 1 atom stereocenters. The molecule has 0 rings (SSSR count). The lowest BCUT2D eigenvalue weighted by atomic mass is 10.1.